The molecule has 0 unspecified atom stereocenters. The SMILES string of the molecule is C=C1c2ccccc2C(=O)N1CC(=O)Nc1ccc(N2CCN(C(=O)OC(C)(C)C)CC2)cn1. The van der Waals surface area contributed by atoms with Gasteiger partial charge in [0.15, 0.2) is 0 Å². The monoisotopic (exact) mass is 463 g/mol. The Balaban J connectivity index is 1.29. The van der Waals surface area contributed by atoms with Crippen LogP contribution in [0.2, 0.25) is 0 Å². The van der Waals surface area contributed by atoms with E-state index in [1.54, 1.807) is 29.3 Å². The van der Waals surface area contributed by atoms with Crippen LogP contribution in [-0.4, -0.2) is 71.0 Å². The Labute approximate surface area is 199 Å². The number of benzene rings is 1. The zero-order valence-corrected chi connectivity index (χ0v) is 19.7. The molecule has 1 N–H and O–H groups in total. The molecule has 2 aliphatic rings. The first kappa shape index (κ1) is 23.3. The number of nitrogens with one attached hydrogen (secondary N) is 1. The number of nitrogens with zero attached hydrogens (tertiary/aromatic N) is 4. The van der Waals surface area contributed by atoms with E-state index < -0.39 is 5.60 Å². The number of anilines is 2. The number of rotatable bonds is 4. The number of carbonyl (C=O) groups is 3. The summed E-state index contributed by atoms with van der Waals surface area (Å²) in [6, 6.07) is 10.8. The summed E-state index contributed by atoms with van der Waals surface area (Å²) in [4.78, 5) is 46.9. The summed E-state index contributed by atoms with van der Waals surface area (Å²) < 4.78 is 5.44. The lowest BCUT2D eigenvalue weighted by Gasteiger charge is -2.36. The average molecular weight is 464 g/mol. The summed E-state index contributed by atoms with van der Waals surface area (Å²) in [5.41, 5.74) is 2.20. The molecule has 1 saturated heterocycles. The van der Waals surface area contributed by atoms with E-state index in [9.17, 15) is 14.4 Å². The van der Waals surface area contributed by atoms with Crippen LogP contribution in [0, 0.1) is 0 Å². The van der Waals surface area contributed by atoms with Crippen molar-refractivity contribution < 1.29 is 19.1 Å². The van der Waals surface area contributed by atoms with E-state index in [0.29, 0.717) is 43.3 Å². The highest BCUT2D eigenvalue weighted by Crippen LogP contribution is 2.30. The van der Waals surface area contributed by atoms with Gasteiger partial charge >= 0.3 is 6.09 Å². The van der Waals surface area contributed by atoms with Gasteiger partial charge in [0.2, 0.25) is 5.91 Å². The highest BCUT2D eigenvalue weighted by molar-refractivity contribution is 6.11. The molecule has 3 amide bonds. The zero-order chi connectivity index (χ0) is 24.5. The number of hydrogen-bond donors (Lipinski definition) is 1. The van der Waals surface area contributed by atoms with E-state index in [1.165, 1.54) is 4.90 Å². The smallest absolute Gasteiger partial charge is 0.410 e. The summed E-state index contributed by atoms with van der Waals surface area (Å²) in [7, 11) is 0. The molecule has 2 aliphatic heterocycles. The number of hydrogen-bond acceptors (Lipinski definition) is 6. The van der Waals surface area contributed by atoms with Crippen molar-refractivity contribution in [1.29, 1.82) is 0 Å². The number of pyridine rings is 1. The highest BCUT2D eigenvalue weighted by atomic mass is 16.6. The molecule has 1 aromatic carbocycles. The first-order valence-corrected chi connectivity index (χ1v) is 11.2. The van der Waals surface area contributed by atoms with Crippen LogP contribution in [0.4, 0.5) is 16.3 Å². The van der Waals surface area contributed by atoms with Gasteiger partial charge in [-0.05, 0) is 39.0 Å². The number of amides is 3. The minimum Gasteiger partial charge on any atom is -0.444 e. The van der Waals surface area contributed by atoms with Crippen LogP contribution in [0.5, 0.6) is 0 Å². The molecule has 2 aromatic rings. The summed E-state index contributed by atoms with van der Waals surface area (Å²) in [5, 5.41) is 2.74. The van der Waals surface area contributed by atoms with Crippen molar-refractivity contribution in [2.45, 2.75) is 26.4 Å². The van der Waals surface area contributed by atoms with Crippen LogP contribution in [0.1, 0.15) is 36.7 Å². The third-order valence-corrected chi connectivity index (χ3v) is 5.65. The maximum absolute atomic E-state index is 12.6. The van der Waals surface area contributed by atoms with Crippen molar-refractivity contribution in [2.75, 3.05) is 42.9 Å². The zero-order valence-electron chi connectivity index (χ0n) is 19.7. The second kappa shape index (κ2) is 9.17. The molecule has 4 rings (SSSR count). The average Bonchev–Trinajstić information content (AvgIpc) is 3.03. The number of piperazine rings is 1. The molecule has 9 heteroatoms. The third-order valence-electron chi connectivity index (χ3n) is 5.65. The van der Waals surface area contributed by atoms with Gasteiger partial charge in [-0.25, -0.2) is 9.78 Å². The molecule has 0 bridgehead atoms. The van der Waals surface area contributed by atoms with E-state index in [0.717, 1.165) is 11.3 Å². The van der Waals surface area contributed by atoms with Crippen LogP contribution in [-0.2, 0) is 9.53 Å². The van der Waals surface area contributed by atoms with Crippen LogP contribution in [0.15, 0.2) is 49.2 Å². The molecule has 3 heterocycles. The lowest BCUT2D eigenvalue weighted by atomic mass is 10.1. The van der Waals surface area contributed by atoms with Gasteiger partial charge in [0.1, 0.15) is 18.0 Å². The van der Waals surface area contributed by atoms with Gasteiger partial charge in [-0.1, -0.05) is 24.8 Å². The molecule has 0 spiro atoms. The molecule has 9 nitrogen and oxygen atoms in total. The van der Waals surface area contributed by atoms with Crippen molar-refractivity contribution >= 4 is 35.1 Å². The lowest BCUT2D eigenvalue weighted by Crippen LogP contribution is -2.50. The molecule has 0 aliphatic carbocycles. The topological polar surface area (TPSA) is 95.1 Å². The largest absolute Gasteiger partial charge is 0.444 e. The molecule has 1 aromatic heterocycles. The van der Waals surface area contributed by atoms with E-state index in [-0.39, 0.29) is 24.5 Å². The molecule has 178 valence electrons. The predicted octanol–water partition coefficient (Wildman–Crippen LogP) is 3.20. The van der Waals surface area contributed by atoms with Crippen LogP contribution in [0.25, 0.3) is 5.70 Å². The Bertz CT molecular complexity index is 1080. The fourth-order valence-corrected chi connectivity index (χ4v) is 3.95. The quantitative estimate of drug-likeness (QED) is 0.748. The maximum Gasteiger partial charge on any atom is 0.410 e. The highest BCUT2D eigenvalue weighted by Gasteiger charge is 2.32. The van der Waals surface area contributed by atoms with Crippen LogP contribution in [0.3, 0.4) is 0 Å². The third kappa shape index (κ3) is 5.03. The van der Waals surface area contributed by atoms with Crippen LogP contribution < -0.4 is 10.2 Å². The maximum atomic E-state index is 12.6. The van der Waals surface area contributed by atoms with E-state index in [4.69, 9.17) is 4.74 Å². The number of ether oxygens (including phenoxy) is 1. The van der Waals surface area contributed by atoms with Crippen molar-refractivity contribution in [3.05, 3.63) is 60.3 Å². The Morgan fingerprint density at radius 2 is 1.74 bits per heavy atom. The van der Waals surface area contributed by atoms with E-state index in [1.807, 2.05) is 39.0 Å². The summed E-state index contributed by atoms with van der Waals surface area (Å²) in [5.74, 6) is -0.186. The molecule has 0 radical (unpaired) electrons. The number of aromatic nitrogens is 1. The Kier molecular flexibility index (Phi) is 6.28. The Hall–Kier alpha value is -3.88. The molecule has 34 heavy (non-hydrogen) atoms. The van der Waals surface area contributed by atoms with Gasteiger partial charge in [-0.15, -0.1) is 0 Å². The van der Waals surface area contributed by atoms with Crippen molar-refractivity contribution in [1.82, 2.24) is 14.8 Å². The van der Waals surface area contributed by atoms with Crippen LogP contribution >= 0.6 is 0 Å². The van der Waals surface area contributed by atoms with Gasteiger partial charge < -0.3 is 19.9 Å². The molecular formula is C25H29N5O4. The summed E-state index contributed by atoms with van der Waals surface area (Å²) in [6.45, 7) is 11.8. The Morgan fingerprint density at radius 1 is 1.06 bits per heavy atom. The predicted molar refractivity (Wildman–Crippen MR) is 129 cm³/mol. The van der Waals surface area contributed by atoms with Gasteiger partial charge in [0.25, 0.3) is 5.91 Å². The molecule has 1 fully saturated rings. The second-order valence-electron chi connectivity index (χ2n) is 9.29. The summed E-state index contributed by atoms with van der Waals surface area (Å²) in [6.07, 6.45) is 1.39. The van der Waals surface area contributed by atoms with Crippen molar-refractivity contribution in [3.63, 3.8) is 0 Å². The van der Waals surface area contributed by atoms with Crippen molar-refractivity contribution in [2.24, 2.45) is 0 Å². The van der Waals surface area contributed by atoms with Gasteiger partial charge in [-0.3, -0.25) is 14.5 Å². The minimum atomic E-state index is -0.516. The van der Waals surface area contributed by atoms with E-state index >= 15 is 0 Å². The standard InChI is InChI=1S/C25H29N5O4/c1-17-19-7-5-6-8-20(19)23(32)30(17)16-22(31)27-21-10-9-18(15-26-21)28-11-13-29(14-12-28)24(33)34-25(2,3)4/h5-10,15H,1,11-14,16H2,2-4H3,(H,26,27,31). The molecule has 0 saturated carbocycles. The number of fused-ring (bicyclic) bond motifs is 1. The number of carbonyl (C=O) groups excluding carboxylic acids is 3. The fraction of sp³-hybridized carbons (Fsp3) is 0.360. The lowest BCUT2D eigenvalue weighted by molar-refractivity contribution is -0.116. The summed E-state index contributed by atoms with van der Waals surface area (Å²) >= 11 is 0. The van der Waals surface area contributed by atoms with Gasteiger partial charge in [0.05, 0.1) is 11.9 Å². The van der Waals surface area contributed by atoms with E-state index in [2.05, 4.69) is 21.8 Å². The Morgan fingerprint density at radius 3 is 2.32 bits per heavy atom. The normalized spacial score (nSPS) is 15.9. The van der Waals surface area contributed by atoms with Gasteiger partial charge in [0, 0.05) is 43.0 Å². The molecule has 0 atom stereocenters. The molecular weight excluding hydrogens is 434 g/mol. The minimum absolute atomic E-state index is 0.137. The second-order valence-corrected chi connectivity index (χ2v) is 9.29. The van der Waals surface area contributed by atoms with Crippen molar-refractivity contribution in [3.8, 4) is 0 Å². The first-order valence-electron chi connectivity index (χ1n) is 11.2. The fourth-order valence-electron chi connectivity index (χ4n) is 3.95. The first-order chi connectivity index (χ1) is 16.1. The van der Waals surface area contributed by atoms with Gasteiger partial charge in [-0.2, -0.15) is 0 Å².